The van der Waals surface area contributed by atoms with Crippen LogP contribution in [0.5, 0.6) is 5.75 Å². The lowest BCUT2D eigenvalue weighted by molar-refractivity contribution is 0.234. The van der Waals surface area contributed by atoms with Crippen LogP contribution < -0.4 is 4.74 Å². The highest BCUT2D eigenvalue weighted by atomic mass is 35.5. The second-order valence-electron chi connectivity index (χ2n) is 8.46. The van der Waals surface area contributed by atoms with Gasteiger partial charge in [-0.05, 0) is 73.2 Å². The molecule has 0 spiro atoms. The molecule has 4 nitrogen and oxygen atoms in total. The Morgan fingerprint density at radius 3 is 2.87 bits per heavy atom. The molecule has 1 saturated carbocycles. The molecule has 0 radical (unpaired) electrons. The van der Waals surface area contributed by atoms with Crippen molar-refractivity contribution in [3.05, 3.63) is 77.0 Å². The lowest BCUT2D eigenvalue weighted by Crippen LogP contribution is -2.15. The van der Waals surface area contributed by atoms with Crippen molar-refractivity contribution >= 4 is 33.5 Å². The Hall–Kier alpha value is -2.92. The number of nitrogens with zero attached hydrogens (tertiary/aromatic N) is 2. The molecule has 4 aromatic rings. The van der Waals surface area contributed by atoms with Crippen LogP contribution in [0.15, 0.2) is 60.3 Å². The van der Waals surface area contributed by atoms with E-state index >= 15 is 0 Å². The number of hydrogen-bond acceptors (Lipinski definition) is 3. The third-order valence-electron chi connectivity index (χ3n) is 6.63. The topological polar surface area (TPSA) is 50.8 Å². The number of aromatic nitrogens is 3. The summed E-state index contributed by atoms with van der Waals surface area (Å²) in [4.78, 5) is 12.6. The van der Waals surface area contributed by atoms with Crippen molar-refractivity contribution in [2.75, 3.05) is 0 Å². The van der Waals surface area contributed by atoms with Crippen LogP contribution in [0, 0.1) is 17.7 Å². The first kappa shape index (κ1) is 18.8. The molecule has 156 valence electrons. The quantitative estimate of drug-likeness (QED) is 0.369. The van der Waals surface area contributed by atoms with E-state index in [-0.39, 0.29) is 11.9 Å². The van der Waals surface area contributed by atoms with Gasteiger partial charge in [-0.1, -0.05) is 24.1 Å². The van der Waals surface area contributed by atoms with E-state index < -0.39 is 0 Å². The van der Waals surface area contributed by atoms with Crippen molar-refractivity contribution in [2.45, 2.75) is 31.8 Å². The van der Waals surface area contributed by atoms with Crippen LogP contribution in [0.4, 0.5) is 4.39 Å². The second kappa shape index (κ2) is 7.06. The zero-order valence-corrected chi connectivity index (χ0v) is 17.7. The normalized spacial score (nSPS) is 23.1. The van der Waals surface area contributed by atoms with E-state index in [1.54, 1.807) is 12.3 Å². The summed E-state index contributed by atoms with van der Waals surface area (Å²) in [5.41, 5.74) is 4.14. The Bertz CT molecular complexity index is 1350. The van der Waals surface area contributed by atoms with E-state index in [1.165, 1.54) is 17.7 Å². The Labute approximate surface area is 184 Å². The lowest BCUT2D eigenvalue weighted by Gasteiger charge is -2.18. The van der Waals surface area contributed by atoms with E-state index in [9.17, 15) is 4.39 Å². The zero-order chi connectivity index (χ0) is 21.1. The van der Waals surface area contributed by atoms with Gasteiger partial charge in [0.2, 0.25) is 0 Å². The Morgan fingerprint density at radius 1 is 1.19 bits per heavy atom. The largest absolute Gasteiger partial charge is 0.486 e. The number of aromatic amines is 1. The SMILES string of the molecule is CCC(c1nc2ccc(Cl)cc2[nH]1)[C@@H]1C2=C[C@H](Oc3ccnc4ccc(F)cc34)C[C@H]21. The van der Waals surface area contributed by atoms with Crippen molar-refractivity contribution in [2.24, 2.45) is 11.8 Å². The average molecular weight is 434 g/mol. The fourth-order valence-corrected chi connectivity index (χ4v) is 5.33. The summed E-state index contributed by atoms with van der Waals surface area (Å²) in [5.74, 6) is 2.83. The number of rotatable bonds is 5. The van der Waals surface area contributed by atoms with E-state index in [4.69, 9.17) is 21.3 Å². The van der Waals surface area contributed by atoms with Gasteiger partial charge in [-0.2, -0.15) is 0 Å². The van der Waals surface area contributed by atoms with Crippen molar-refractivity contribution < 1.29 is 9.13 Å². The summed E-state index contributed by atoms with van der Waals surface area (Å²) in [6, 6.07) is 12.2. The van der Waals surface area contributed by atoms with Crippen LogP contribution in [0.2, 0.25) is 5.02 Å². The number of halogens is 2. The maximum Gasteiger partial charge on any atom is 0.131 e. The van der Waals surface area contributed by atoms with Crippen LogP contribution >= 0.6 is 11.6 Å². The van der Waals surface area contributed by atoms with Crippen molar-refractivity contribution in [3.63, 3.8) is 0 Å². The summed E-state index contributed by atoms with van der Waals surface area (Å²) in [6.45, 7) is 2.21. The van der Waals surface area contributed by atoms with Gasteiger partial charge >= 0.3 is 0 Å². The predicted octanol–water partition coefficient (Wildman–Crippen LogP) is 6.42. The number of hydrogen-bond donors (Lipinski definition) is 1. The number of imidazole rings is 1. The third kappa shape index (κ3) is 3.19. The molecule has 0 bridgehead atoms. The smallest absolute Gasteiger partial charge is 0.131 e. The summed E-state index contributed by atoms with van der Waals surface area (Å²) < 4.78 is 20.0. The van der Waals surface area contributed by atoms with Gasteiger partial charge in [0.1, 0.15) is 23.5 Å². The molecule has 0 aliphatic heterocycles. The molecule has 6 rings (SSSR count). The molecular formula is C25H21ClFN3O. The molecule has 1 N–H and O–H groups in total. The summed E-state index contributed by atoms with van der Waals surface area (Å²) in [7, 11) is 0. The number of H-pyrrole nitrogens is 1. The van der Waals surface area contributed by atoms with Gasteiger partial charge in [0.15, 0.2) is 0 Å². The number of allylic oxidation sites excluding steroid dienone is 1. The Balaban J connectivity index is 1.23. The van der Waals surface area contributed by atoms with Gasteiger partial charge < -0.3 is 9.72 Å². The van der Waals surface area contributed by atoms with E-state index in [2.05, 4.69) is 23.0 Å². The molecule has 0 saturated heterocycles. The fourth-order valence-electron chi connectivity index (χ4n) is 5.16. The highest BCUT2D eigenvalue weighted by molar-refractivity contribution is 6.31. The number of nitrogens with one attached hydrogen (secondary N) is 1. The van der Waals surface area contributed by atoms with Crippen molar-refractivity contribution in [3.8, 4) is 5.75 Å². The van der Waals surface area contributed by atoms with Crippen LogP contribution in [-0.2, 0) is 0 Å². The maximum atomic E-state index is 13.7. The minimum absolute atomic E-state index is 0.0112. The first-order valence-corrected chi connectivity index (χ1v) is 11.1. The fraction of sp³-hybridized carbons (Fsp3) is 0.280. The van der Waals surface area contributed by atoms with E-state index in [0.29, 0.717) is 33.9 Å². The molecule has 2 aromatic heterocycles. The number of fused-ring (bicyclic) bond motifs is 3. The molecule has 0 amide bonds. The van der Waals surface area contributed by atoms with Gasteiger partial charge in [0, 0.05) is 22.5 Å². The maximum absolute atomic E-state index is 13.7. The first-order chi connectivity index (χ1) is 15.1. The van der Waals surface area contributed by atoms with Crippen LogP contribution in [0.1, 0.15) is 31.5 Å². The molecule has 2 aromatic carbocycles. The highest BCUT2D eigenvalue weighted by Crippen LogP contribution is 2.60. The van der Waals surface area contributed by atoms with Gasteiger partial charge in [-0.25, -0.2) is 9.37 Å². The average Bonchev–Trinajstić information content (AvgIpc) is 3.09. The molecule has 2 aliphatic rings. The summed E-state index contributed by atoms with van der Waals surface area (Å²) >= 11 is 6.13. The van der Waals surface area contributed by atoms with Crippen LogP contribution in [-0.4, -0.2) is 21.1 Å². The van der Waals surface area contributed by atoms with E-state index in [0.717, 1.165) is 35.2 Å². The summed E-state index contributed by atoms with van der Waals surface area (Å²) in [5, 5.41) is 1.43. The Morgan fingerprint density at radius 2 is 2.06 bits per heavy atom. The molecule has 4 atom stereocenters. The summed E-state index contributed by atoms with van der Waals surface area (Å²) in [6.07, 6.45) is 5.94. The number of benzene rings is 2. The van der Waals surface area contributed by atoms with Gasteiger partial charge in [0.05, 0.1) is 16.6 Å². The molecule has 2 aliphatic carbocycles. The minimum Gasteiger partial charge on any atom is -0.486 e. The van der Waals surface area contributed by atoms with E-state index in [1.807, 2.05) is 24.3 Å². The number of ether oxygens (including phenoxy) is 1. The zero-order valence-electron chi connectivity index (χ0n) is 17.0. The first-order valence-electron chi connectivity index (χ1n) is 10.7. The molecule has 6 heteroatoms. The number of pyridine rings is 1. The third-order valence-corrected chi connectivity index (χ3v) is 6.87. The monoisotopic (exact) mass is 433 g/mol. The van der Waals surface area contributed by atoms with Crippen molar-refractivity contribution in [1.29, 1.82) is 0 Å². The minimum atomic E-state index is -0.282. The molecule has 31 heavy (non-hydrogen) atoms. The molecule has 2 heterocycles. The van der Waals surface area contributed by atoms with Gasteiger partial charge in [0.25, 0.3) is 0 Å². The highest BCUT2D eigenvalue weighted by Gasteiger charge is 2.53. The lowest BCUT2D eigenvalue weighted by atomic mass is 9.95. The van der Waals surface area contributed by atoms with Crippen LogP contribution in [0.3, 0.4) is 0 Å². The van der Waals surface area contributed by atoms with Crippen molar-refractivity contribution in [1.82, 2.24) is 15.0 Å². The molecule has 1 unspecified atom stereocenters. The second-order valence-corrected chi connectivity index (χ2v) is 8.90. The van der Waals surface area contributed by atoms with Gasteiger partial charge in [-0.3, -0.25) is 4.98 Å². The standard InChI is InChI=1S/C25H21ClFN3O/c1-2-16(25-29-21-5-3-13(26)9-22(21)30-25)24-17-11-15(12-18(17)24)31-23-7-8-28-20-6-4-14(27)10-19(20)23/h3-11,15-16,18,24H,2,12H2,1H3,(H,29,30)/t15-,16?,18+,24+/m0/s1. The predicted molar refractivity (Wildman–Crippen MR) is 120 cm³/mol. The molecule has 1 fully saturated rings. The Kier molecular flexibility index (Phi) is 4.29. The van der Waals surface area contributed by atoms with Gasteiger partial charge in [-0.15, -0.1) is 0 Å². The molecular weight excluding hydrogens is 413 g/mol. The van der Waals surface area contributed by atoms with Crippen LogP contribution in [0.25, 0.3) is 21.9 Å².